The monoisotopic (exact) mass is 417 g/mol. The molecule has 0 aromatic heterocycles. The van der Waals surface area contributed by atoms with Crippen LogP contribution in [0.4, 0.5) is 0 Å². The average Bonchev–Trinajstić information content (AvgIpc) is 1.94. The summed E-state index contributed by atoms with van der Waals surface area (Å²) in [5.41, 5.74) is 0. The molecule has 0 aromatic rings. The van der Waals surface area contributed by atoms with Crippen molar-refractivity contribution >= 4 is 221 Å². The maximum absolute atomic E-state index is 10.7. The number of hydrogen-bond donors (Lipinski definition) is 4. The predicted octanol–water partition coefficient (Wildman–Crippen LogP) is -1.16. The van der Waals surface area contributed by atoms with Crippen LogP contribution in [0.15, 0.2) is 0 Å². The van der Waals surface area contributed by atoms with Gasteiger partial charge in [0.2, 0.25) is 0 Å². The quantitative estimate of drug-likeness (QED) is 0.305. The molecule has 0 fully saturated rings. The van der Waals surface area contributed by atoms with Crippen LogP contribution in [-0.2, 0) is 9.13 Å². The third-order valence-corrected chi connectivity index (χ3v) is 3.13. The van der Waals surface area contributed by atoms with Crippen LogP contribution in [-0.4, -0.2) is 249 Å². The number of unbranched alkanes of at least 4 members (excludes halogenated alkanes) is 1. The third kappa shape index (κ3) is 29.8. The smallest absolute Gasteiger partial charge is 0.324 e. The molecule has 96 valence electrons. The summed E-state index contributed by atoms with van der Waals surface area (Å²) < 4.78 is 21.4. The van der Waals surface area contributed by atoms with Crippen LogP contribution in [0.1, 0.15) is 19.8 Å². The van der Waals surface area contributed by atoms with Crippen LogP contribution in [0.2, 0.25) is 0 Å². The van der Waals surface area contributed by atoms with Gasteiger partial charge in [-0.15, -0.1) is 0 Å². The summed E-state index contributed by atoms with van der Waals surface area (Å²) >= 11 is 0. The van der Waals surface area contributed by atoms with Crippen molar-refractivity contribution < 1.29 is 28.7 Å². The van der Waals surface area contributed by atoms with Crippen LogP contribution >= 0.6 is 15.2 Å². The van der Waals surface area contributed by atoms with Crippen molar-refractivity contribution in [3.8, 4) is 0 Å². The molecular weight excluding hydrogens is 400 g/mol. The fourth-order valence-corrected chi connectivity index (χ4v) is 2.77. The Hall–Kier alpha value is 6.81. The minimum absolute atomic E-state index is 0. The first-order valence-electron chi connectivity index (χ1n) is 4.45. The molecule has 0 aliphatic rings. The van der Waals surface area contributed by atoms with E-state index in [2.05, 4.69) is 0 Å². The second-order valence-corrected chi connectivity index (χ2v) is 6.58. The van der Waals surface area contributed by atoms with Crippen LogP contribution in [0.25, 0.3) is 0 Å². The summed E-state index contributed by atoms with van der Waals surface area (Å²) in [6, 6.07) is 0. The van der Waals surface area contributed by atoms with Crippen molar-refractivity contribution in [3.05, 3.63) is 0 Å². The molecule has 0 heterocycles. The molecule has 4 N–H and O–H groups in total. The number of rotatable bonds is 7. The second-order valence-electron chi connectivity index (χ2n) is 3.36. The zero-order chi connectivity index (χ0) is 12.1. The molecule has 0 unspecified atom stereocenters. The SMILES string of the molecule is CCCCN(CP(=O)(O)O)CP(=O)(O)O.[K].[K].[K].[K]. The zero-order valence-electron chi connectivity index (χ0n) is 12.5. The molecule has 0 saturated heterocycles. The second kappa shape index (κ2) is 19.6. The molecule has 0 atom stereocenters. The Balaban J connectivity index is -0.000000163. The maximum Gasteiger partial charge on any atom is 0.339 e. The van der Waals surface area contributed by atoms with Gasteiger partial charge in [-0.1, -0.05) is 13.3 Å². The summed E-state index contributed by atoms with van der Waals surface area (Å²) in [5, 5.41) is 0. The Kier molecular flexibility index (Phi) is 37.8. The molecule has 0 spiro atoms. The van der Waals surface area contributed by atoms with Crippen molar-refractivity contribution in [2.45, 2.75) is 19.8 Å². The number of nitrogens with zero attached hydrogens (tertiary/aromatic N) is 1. The largest absolute Gasteiger partial charge is 0.339 e. The van der Waals surface area contributed by atoms with Gasteiger partial charge in [0.1, 0.15) is 12.6 Å². The Morgan fingerprint density at radius 3 is 1.37 bits per heavy atom. The average molecular weight is 418 g/mol. The van der Waals surface area contributed by atoms with Gasteiger partial charge >= 0.3 is 15.2 Å². The van der Waals surface area contributed by atoms with Gasteiger partial charge in [0.25, 0.3) is 0 Å². The van der Waals surface area contributed by atoms with E-state index in [1.54, 1.807) is 0 Å². The van der Waals surface area contributed by atoms with Gasteiger partial charge in [-0.3, -0.25) is 14.0 Å². The first kappa shape index (κ1) is 36.7. The van der Waals surface area contributed by atoms with Crippen molar-refractivity contribution in [1.29, 1.82) is 0 Å². The van der Waals surface area contributed by atoms with Crippen molar-refractivity contribution in [3.63, 3.8) is 0 Å². The van der Waals surface area contributed by atoms with Crippen molar-refractivity contribution in [1.82, 2.24) is 4.90 Å². The fraction of sp³-hybridized carbons (Fsp3) is 1.00. The van der Waals surface area contributed by atoms with E-state index in [9.17, 15) is 9.13 Å². The molecule has 0 bridgehead atoms. The molecule has 0 aliphatic heterocycles. The van der Waals surface area contributed by atoms with Crippen molar-refractivity contribution in [2.24, 2.45) is 0 Å². The summed E-state index contributed by atoms with van der Waals surface area (Å²) in [4.78, 5) is 35.9. The van der Waals surface area contributed by atoms with E-state index in [-0.39, 0.29) is 212 Å². The van der Waals surface area contributed by atoms with Crippen LogP contribution in [0.3, 0.4) is 0 Å². The fourth-order valence-electron chi connectivity index (χ4n) is 1.09. The topological polar surface area (TPSA) is 118 Å². The standard InChI is InChI=1S/C6H17NO6P2.4K/c1-2-3-4-7(5-14(8,9)10)6-15(11,12)13;;;;/h2-6H2,1H3,(H2,8,9,10)(H2,11,12,13);;;;. The first-order chi connectivity index (χ1) is 6.64. The summed E-state index contributed by atoms with van der Waals surface area (Å²) in [6.45, 7) is 2.15. The minimum Gasteiger partial charge on any atom is -0.324 e. The normalized spacial score (nSPS) is 10.6. The van der Waals surface area contributed by atoms with Crippen LogP contribution < -0.4 is 0 Å². The molecule has 19 heavy (non-hydrogen) atoms. The van der Waals surface area contributed by atoms with E-state index in [0.717, 1.165) is 11.3 Å². The Morgan fingerprint density at radius 1 is 0.842 bits per heavy atom. The third-order valence-electron chi connectivity index (χ3n) is 1.60. The van der Waals surface area contributed by atoms with E-state index in [0.29, 0.717) is 6.42 Å². The Labute approximate surface area is 284 Å². The van der Waals surface area contributed by atoms with Crippen molar-refractivity contribution in [2.75, 3.05) is 19.1 Å². The molecule has 0 amide bonds. The molecule has 0 aliphatic carbocycles. The molecule has 13 heteroatoms. The van der Waals surface area contributed by atoms with Gasteiger partial charge in [-0.25, -0.2) is 0 Å². The Morgan fingerprint density at radius 2 is 1.16 bits per heavy atom. The summed E-state index contributed by atoms with van der Waals surface area (Å²) in [5.74, 6) is 0. The van der Waals surface area contributed by atoms with Gasteiger partial charge in [-0.05, 0) is 13.0 Å². The Bertz CT molecular complexity index is 261. The van der Waals surface area contributed by atoms with E-state index >= 15 is 0 Å². The number of hydrogen-bond acceptors (Lipinski definition) is 3. The minimum atomic E-state index is -4.27. The molecule has 0 saturated carbocycles. The first-order valence-corrected chi connectivity index (χ1v) is 8.05. The van der Waals surface area contributed by atoms with E-state index in [1.165, 1.54) is 0 Å². The van der Waals surface area contributed by atoms with Crippen LogP contribution in [0, 0.1) is 0 Å². The molecular formula is C6H17K4NO6P2. The molecule has 0 rings (SSSR count). The van der Waals surface area contributed by atoms with E-state index in [4.69, 9.17) is 19.6 Å². The van der Waals surface area contributed by atoms with Gasteiger partial charge in [0, 0.05) is 206 Å². The van der Waals surface area contributed by atoms with Gasteiger partial charge in [0.15, 0.2) is 0 Å². The maximum atomic E-state index is 10.7. The predicted molar refractivity (Wildman–Crippen MR) is 78.5 cm³/mol. The van der Waals surface area contributed by atoms with Gasteiger partial charge < -0.3 is 19.6 Å². The van der Waals surface area contributed by atoms with Crippen LogP contribution in [0.5, 0.6) is 0 Å². The van der Waals surface area contributed by atoms with E-state index in [1.807, 2.05) is 6.92 Å². The van der Waals surface area contributed by atoms with Gasteiger partial charge in [-0.2, -0.15) is 0 Å². The summed E-state index contributed by atoms with van der Waals surface area (Å²) in [7, 11) is -8.53. The molecule has 7 nitrogen and oxygen atoms in total. The van der Waals surface area contributed by atoms with E-state index < -0.39 is 27.8 Å². The van der Waals surface area contributed by atoms with Gasteiger partial charge in [0.05, 0.1) is 0 Å². The summed E-state index contributed by atoms with van der Waals surface area (Å²) in [6.07, 6.45) is 0.203. The zero-order valence-corrected chi connectivity index (χ0v) is 26.8. The molecule has 0 aromatic carbocycles. The molecule has 4 radical (unpaired) electrons.